The van der Waals surface area contributed by atoms with Crippen LogP contribution in [0.25, 0.3) is 0 Å². The molecule has 3 nitrogen and oxygen atoms in total. The number of methoxy groups -OCH3 is 1. The first-order valence-electron chi connectivity index (χ1n) is 6.91. The van der Waals surface area contributed by atoms with Crippen LogP contribution < -0.4 is 14.8 Å². The van der Waals surface area contributed by atoms with E-state index < -0.39 is 0 Å². The summed E-state index contributed by atoms with van der Waals surface area (Å²) in [5, 5.41) is 3.38. The smallest absolute Gasteiger partial charge is 0.119 e. The zero-order valence-corrected chi connectivity index (χ0v) is 12.1. The molecule has 0 heterocycles. The van der Waals surface area contributed by atoms with E-state index in [1.807, 2.05) is 36.4 Å². The lowest BCUT2D eigenvalue weighted by atomic mass is 10.2. The molecule has 0 aliphatic heterocycles. The van der Waals surface area contributed by atoms with Crippen molar-refractivity contribution in [1.29, 1.82) is 0 Å². The second kappa shape index (κ2) is 7.43. The molecule has 0 aliphatic rings. The molecule has 20 heavy (non-hydrogen) atoms. The van der Waals surface area contributed by atoms with Gasteiger partial charge in [-0.05, 0) is 48.4 Å². The predicted molar refractivity (Wildman–Crippen MR) is 82.5 cm³/mol. The topological polar surface area (TPSA) is 30.5 Å². The van der Waals surface area contributed by atoms with Gasteiger partial charge in [0.2, 0.25) is 0 Å². The number of benzene rings is 2. The molecule has 0 saturated heterocycles. The number of nitrogens with one attached hydrogen (secondary N) is 1. The van der Waals surface area contributed by atoms with E-state index in [0.29, 0.717) is 0 Å². The van der Waals surface area contributed by atoms with Crippen molar-refractivity contribution in [2.75, 3.05) is 19.0 Å². The van der Waals surface area contributed by atoms with Gasteiger partial charge in [-0.1, -0.05) is 19.1 Å². The largest absolute Gasteiger partial charge is 0.497 e. The highest BCUT2D eigenvalue weighted by atomic mass is 16.5. The van der Waals surface area contributed by atoms with Gasteiger partial charge < -0.3 is 14.8 Å². The van der Waals surface area contributed by atoms with Crippen LogP contribution in [0.15, 0.2) is 48.5 Å². The SMILES string of the molecule is CCCOc1cccc(CNc2ccc(OC)cc2)c1. The number of hydrogen-bond donors (Lipinski definition) is 1. The molecule has 0 atom stereocenters. The van der Waals surface area contributed by atoms with Crippen molar-refractivity contribution in [3.8, 4) is 11.5 Å². The summed E-state index contributed by atoms with van der Waals surface area (Å²) in [6.45, 7) is 3.64. The van der Waals surface area contributed by atoms with Gasteiger partial charge in [-0.2, -0.15) is 0 Å². The molecule has 2 rings (SSSR count). The molecule has 0 bridgehead atoms. The van der Waals surface area contributed by atoms with Gasteiger partial charge >= 0.3 is 0 Å². The van der Waals surface area contributed by atoms with Crippen LogP contribution >= 0.6 is 0 Å². The van der Waals surface area contributed by atoms with Gasteiger partial charge in [0.15, 0.2) is 0 Å². The third kappa shape index (κ3) is 4.19. The fraction of sp³-hybridized carbons (Fsp3) is 0.294. The van der Waals surface area contributed by atoms with Crippen molar-refractivity contribution >= 4 is 5.69 Å². The number of hydrogen-bond acceptors (Lipinski definition) is 3. The van der Waals surface area contributed by atoms with E-state index in [0.717, 1.165) is 36.8 Å². The maximum Gasteiger partial charge on any atom is 0.119 e. The molecular weight excluding hydrogens is 250 g/mol. The summed E-state index contributed by atoms with van der Waals surface area (Å²) in [5.74, 6) is 1.80. The van der Waals surface area contributed by atoms with Crippen molar-refractivity contribution < 1.29 is 9.47 Å². The minimum Gasteiger partial charge on any atom is -0.497 e. The third-order valence-corrected chi connectivity index (χ3v) is 2.96. The van der Waals surface area contributed by atoms with E-state index in [9.17, 15) is 0 Å². The first-order valence-corrected chi connectivity index (χ1v) is 6.91. The molecule has 0 aliphatic carbocycles. The molecule has 0 saturated carbocycles. The Morgan fingerprint density at radius 1 is 1.00 bits per heavy atom. The van der Waals surface area contributed by atoms with E-state index in [4.69, 9.17) is 9.47 Å². The van der Waals surface area contributed by atoms with Crippen molar-refractivity contribution in [3.05, 3.63) is 54.1 Å². The summed E-state index contributed by atoms with van der Waals surface area (Å²) in [5.41, 5.74) is 2.28. The van der Waals surface area contributed by atoms with E-state index >= 15 is 0 Å². The summed E-state index contributed by atoms with van der Waals surface area (Å²) in [6, 6.07) is 16.1. The summed E-state index contributed by atoms with van der Waals surface area (Å²) in [7, 11) is 1.67. The van der Waals surface area contributed by atoms with Crippen LogP contribution in [-0.4, -0.2) is 13.7 Å². The van der Waals surface area contributed by atoms with Gasteiger partial charge in [0, 0.05) is 12.2 Å². The van der Waals surface area contributed by atoms with Crippen molar-refractivity contribution in [3.63, 3.8) is 0 Å². The zero-order chi connectivity index (χ0) is 14.2. The zero-order valence-electron chi connectivity index (χ0n) is 12.1. The normalized spacial score (nSPS) is 10.1. The van der Waals surface area contributed by atoms with Crippen LogP contribution in [0.2, 0.25) is 0 Å². The fourth-order valence-corrected chi connectivity index (χ4v) is 1.88. The van der Waals surface area contributed by atoms with Crippen molar-refractivity contribution in [1.82, 2.24) is 0 Å². The molecular formula is C17H21NO2. The maximum atomic E-state index is 5.63. The first-order chi connectivity index (χ1) is 9.81. The lowest BCUT2D eigenvalue weighted by Gasteiger charge is -2.09. The monoisotopic (exact) mass is 271 g/mol. The average molecular weight is 271 g/mol. The third-order valence-electron chi connectivity index (χ3n) is 2.96. The van der Waals surface area contributed by atoms with Gasteiger partial charge in [0.05, 0.1) is 13.7 Å². The molecule has 0 amide bonds. The number of rotatable bonds is 7. The first kappa shape index (κ1) is 14.3. The summed E-state index contributed by atoms with van der Waals surface area (Å²) < 4.78 is 10.8. The molecule has 0 radical (unpaired) electrons. The molecule has 3 heteroatoms. The van der Waals surface area contributed by atoms with Crippen molar-refractivity contribution in [2.45, 2.75) is 19.9 Å². The number of ether oxygens (including phenoxy) is 2. The fourth-order valence-electron chi connectivity index (χ4n) is 1.88. The highest BCUT2D eigenvalue weighted by Gasteiger charge is 1.98. The molecule has 0 unspecified atom stereocenters. The van der Waals surface area contributed by atoms with E-state index in [2.05, 4.69) is 24.4 Å². The Hall–Kier alpha value is -2.16. The summed E-state index contributed by atoms with van der Waals surface area (Å²) in [4.78, 5) is 0. The molecule has 0 spiro atoms. The Morgan fingerprint density at radius 3 is 2.50 bits per heavy atom. The predicted octanol–water partition coefficient (Wildman–Crippen LogP) is 4.10. The van der Waals surface area contributed by atoms with Crippen LogP contribution in [0.3, 0.4) is 0 Å². The maximum absolute atomic E-state index is 5.63. The highest BCUT2D eigenvalue weighted by Crippen LogP contribution is 2.17. The summed E-state index contributed by atoms with van der Waals surface area (Å²) >= 11 is 0. The lowest BCUT2D eigenvalue weighted by molar-refractivity contribution is 0.317. The van der Waals surface area contributed by atoms with Gasteiger partial charge in [-0.3, -0.25) is 0 Å². The lowest BCUT2D eigenvalue weighted by Crippen LogP contribution is -2.00. The molecule has 1 N–H and O–H groups in total. The molecule has 106 valence electrons. The minimum atomic E-state index is 0.759. The standard InChI is InChI=1S/C17H21NO2/c1-3-11-20-17-6-4-5-14(12-17)13-18-15-7-9-16(19-2)10-8-15/h4-10,12,18H,3,11,13H2,1-2H3. The molecule has 2 aromatic carbocycles. The number of anilines is 1. The Labute approximate surface area is 120 Å². The highest BCUT2D eigenvalue weighted by molar-refractivity contribution is 5.47. The Morgan fingerprint density at radius 2 is 1.80 bits per heavy atom. The average Bonchev–Trinajstić information content (AvgIpc) is 2.52. The minimum absolute atomic E-state index is 0.759. The quantitative estimate of drug-likeness (QED) is 0.822. The van der Waals surface area contributed by atoms with Gasteiger partial charge in [0.25, 0.3) is 0 Å². The van der Waals surface area contributed by atoms with Crippen LogP contribution in [-0.2, 0) is 6.54 Å². The van der Waals surface area contributed by atoms with E-state index in [1.165, 1.54) is 5.56 Å². The van der Waals surface area contributed by atoms with Gasteiger partial charge in [-0.15, -0.1) is 0 Å². The van der Waals surface area contributed by atoms with Crippen LogP contribution in [0.5, 0.6) is 11.5 Å². The Balaban J connectivity index is 1.92. The van der Waals surface area contributed by atoms with Gasteiger partial charge in [0.1, 0.15) is 11.5 Å². The molecule has 0 aromatic heterocycles. The van der Waals surface area contributed by atoms with Crippen molar-refractivity contribution in [2.24, 2.45) is 0 Å². The Bertz CT molecular complexity index is 523. The molecule has 2 aromatic rings. The van der Waals surface area contributed by atoms with Crippen LogP contribution in [0.1, 0.15) is 18.9 Å². The molecule has 0 fully saturated rings. The second-order valence-corrected chi connectivity index (χ2v) is 4.58. The van der Waals surface area contributed by atoms with Crippen LogP contribution in [0, 0.1) is 0 Å². The Kier molecular flexibility index (Phi) is 5.30. The van der Waals surface area contributed by atoms with E-state index in [-0.39, 0.29) is 0 Å². The van der Waals surface area contributed by atoms with Crippen LogP contribution in [0.4, 0.5) is 5.69 Å². The van der Waals surface area contributed by atoms with Gasteiger partial charge in [-0.25, -0.2) is 0 Å². The van der Waals surface area contributed by atoms with E-state index in [1.54, 1.807) is 7.11 Å². The second-order valence-electron chi connectivity index (χ2n) is 4.58. The summed E-state index contributed by atoms with van der Waals surface area (Å²) in [6.07, 6.45) is 1.02.